The first-order valence-electron chi connectivity index (χ1n) is 7.27. The Hall–Kier alpha value is -0.0400. The summed E-state index contributed by atoms with van der Waals surface area (Å²) in [6.45, 7) is 4.15. The Balaban J connectivity index is 1.98. The molecule has 0 heterocycles. The highest BCUT2D eigenvalue weighted by atomic mass is 16.3. The van der Waals surface area contributed by atoms with Gasteiger partial charge in [0.1, 0.15) is 0 Å². The van der Waals surface area contributed by atoms with Crippen LogP contribution in [0.2, 0.25) is 0 Å². The molecule has 3 aliphatic carbocycles. The van der Waals surface area contributed by atoms with E-state index in [4.69, 9.17) is 0 Å². The summed E-state index contributed by atoms with van der Waals surface area (Å²) in [5, 5.41) is 10.7. The van der Waals surface area contributed by atoms with Gasteiger partial charge in [-0.15, -0.1) is 0 Å². The van der Waals surface area contributed by atoms with Crippen molar-refractivity contribution in [2.75, 3.05) is 0 Å². The number of hydrogen-bond acceptors (Lipinski definition) is 1. The van der Waals surface area contributed by atoms with Gasteiger partial charge in [0.15, 0.2) is 0 Å². The molecule has 16 heavy (non-hydrogen) atoms. The van der Waals surface area contributed by atoms with Crippen LogP contribution in [0.5, 0.6) is 0 Å². The van der Waals surface area contributed by atoms with Gasteiger partial charge in [0.05, 0.1) is 5.60 Å². The van der Waals surface area contributed by atoms with Gasteiger partial charge < -0.3 is 5.11 Å². The van der Waals surface area contributed by atoms with E-state index in [0.717, 1.165) is 17.8 Å². The molecule has 0 aromatic heterocycles. The Morgan fingerprint density at radius 3 is 2.25 bits per heavy atom. The molecule has 0 aromatic carbocycles. The van der Waals surface area contributed by atoms with Crippen molar-refractivity contribution in [3.8, 4) is 0 Å². The highest BCUT2D eigenvalue weighted by Crippen LogP contribution is 2.64. The molecular formula is C15H26O. The Kier molecular flexibility index (Phi) is 2.41. The second-order valence-electron chi connectivity index (χ2n) is 7.12. The largest absolute Gasteiger partial charge is 0.390 e. The summed E-state index contributed by atoms with van der Waals surface area (Å²) in [6, 6.07) is 0. The monoisotopic (exact) mass is 222 g/mol. The molecule has 1 N–H and O–H groups in total. The molecule has 4 atom stereocenters. The standard InChI is InChI=1S/C15H26O/c1-14(2,16)15-9-4-7-11-5-3-6-12(8-10-15)13(11)15/h11-13,16H,3-10H2,1-2H3. The van der Waals surface area contributed by atoms with Gasteiger partial charge in [-0.05, 0) is 50.9 Å². The Labute approximate surface area is 99.6 Å². The third-order valence-electron chi connectivity index (χ3n) is 6.18. The number of rotatable bonds is 1. The zero-order chi connectivity index (χ0) is 11.4. The maximum Gasteiger partial charge on any atom is 0.0650 e. The molecule has 1 heteroatoms. The van der Waals surface area contributed by atoms with Gasteiger partial charge in [0.25, 0.3) is 0 Å². The molecule has 1 nitrogen and oxygen atoms in total. The predicted octanol–water partition coefficient (Wildman–Crippen LogP) is 3.75. The highest BCUT2D eigenvalue weighted by Gasteiger charge is 2.59. The maximum absolute atomic E-state index is 10.7. The zero-order valence-corrected chi connectivity index (χ0v) is 10.8. The van der Waals surface area contributed by atoms with E-state index in [1.54, 1.807) is 0 Å². The maximum atomic E-state index is 10.7. The molecule has 0 radical (unpaired) electrons. The van der Waals surface area contributed by atoms with Crippen LogP contribution in [0.25, 0.3) is 0 Å². The first kappa shape index (κ1) is 11.1. The van der Waals surface area contributed by atoms with E-state index in [1.807, 2.05) is 0 Å². The summed E-state index contributed by atoms with van der Waals surface area (Å²) >= 11 is 0. The molecule has 0 bridgehead atoms. The van der Waals surface area contributed by atoms with E-state index in [2.05, 4.69) is 13.8 Å². The Morgan fingerprint density at radius 1 is 0.938 bits per heavy atom. The molecule has 3 rings (SSSR count). The summed E-state index contributed by atoms with van der Waals surface area (Å²) in [7, 11) is 0. The lowest BCUT2D eigenvalue weighted by molar-refractivity contribution is -0.127. The second-order valence-corrected chi connectivity index (χ2v) is 7.12. The Bertz CT molecular complexity index is 276. The number of aliphatic hydroxyl groups is 1. The van der Waals surface area contributed by atoms with Crippen molar-refractivity contribution < 1.29 is 5.11 Å². The first-order chi connectivity index (χ1) is 7.55. The highest BCUT2D eigenvalue weighted by molar-refractivity contribution is 5.09. The lowest BCUT2D eigenvalue weighted by Gasteiger charge is -2.54. The van der Waals surface area contributed by atoms with Gasteiger partial charge in [-0.1, -0.05) is 32.1 Å². The van der Waals surface area contributed by atoms with Crippen molar-refractivity contribution >= 4 is 0 Å². The van der Waals surface area contributed by atoms with Crippen molar-refractivity contribution in [2.45, 2.75) is 70.8 Å². The zero-order valence-electron chi connectivity index (χ0n) is 10.8. The van der Waals surface area contributed by atoms with E-state index >= 15 is 0 Å². The molecule has 0 aliphatic heterocycles. The average molecular weight is 222 g/mol. The first-order valence-corrected chi connectivity index (χ1v) is 7.27. The van der Waals surface area contributed by atoms with Crippen LogP contribution in [0, 0.1) is 23.2 Å². The smallest absolute Gasteiger partial charge is 0.0650 e. The van der Waals surface area contributed by atoms with E-state index in [-0.39, 0.29) is 5.41 Å². The topological polar surface area (TPSA) is 20.2 Å². The molecule has 92 valence electrons. The van der Waals surface area contributed by atoms with Crippen LogP contribution in [0.4, 0.5) is 0 Å². The van der Waals surface area contributed by atoms with Crippen LogP contribution < -0.4 is 0 Å². The fourth-order valence-electron chi connectivity index (χ4n) is 5.54. The fraction of sp³-hybridized carbons (Fsp3) is 1.00. The average Bonchev–Trinajstić information content (AvgIpc) is 2.61. The van der Waals surface area contributed by atoms with E-state index in [1.165, 1.54) is 51.4 Å². The summed E-state index contributed by atoms with van der Waals surface area (Å²) in [6.07, 6.45) is 11.1. The van der Waals surface area contributed by atoms with Crippen LogP contribution in [0.15, 0.2) is 0 Å². The summed E-state index contributed by atoms with van der Waals surface area (Å²) < 4.78 is 0. The summed E-state index contributed by atoms with van der Waals surface area (Å²) in [4.78, 5) is 0. The lowest BCUT2D eigenvalue weighted by atomic mass is 9.53. The fourth-order valence-corrected chi connectivity index (χ4v) is 5.54. The second kappa shape index (κ2) is 3.48. The quantitative estimate of drug-likeness (QED) is 0.716. The minimum absolute atomic E-state index is 0.279. The van der Waals surface area contributed by atoms with Gasteiger partial charge >= 0.3 is 0 Å². The normalized spacial score (nSPS) is 47.8. The molecule has 0 saturated heterocycles. The third kappa shape index (κ3) is 1.33. The van der Waals surface area contributed by atoms with Crippen molar-refractivity contribution in [3.05, 3.63) is 0 Å². The molecule has 3 aliphatic rings. The van der Waals surface area contributed by atoms with Gasteiger partial charge in [-0.25, -0.2) is 0 Å². The minimum atomic E-state index is -0.456. The molecule has 3 fully saturated rings. The van der Waals surface area contributed by atoms with Gasteiger partial charge in [0.2, 0.25) is 0 Å². The molecule has 0 amide bonds. The predicted molar refractivity (Wildman–Crippen MR) is 66.1 cm³/mol. The molecule has 3 saturated carbocycles. The third-order valence-corrected chi connectivity index (χ3v) is 6.18. The van der Waals surface area contributed by atoms with Crippen molar-refractivity contribution in [2.24, 2.45) is 23.2 Å². The van der Waals surface area contributed by atoms with Crippen molar-refractivity contribution in [3.63, 3.8) is 0 Å². The lowest BCUT2D eigenvalue weighted by Crippen LogP contribution is -2.52. The van der Waals surface area contributed by atoms with E-state index in [0.29, 0.717) is 0 Å². The van der Waals surface area contributed by atoms with Crippen LogP contribution in [-0.2, 0) is 0 Å². The molecule has 0 aromatic rings. The van der Waals surface area contributed by atoms with Crippen LogP contribution in [0.1, 0.15) is 65.2 Å². The SMILES string of the molecule is CC(C)(O)C12CCCC3CCCC(CC1)C32. The van der Waals surface area contributed by atoms with Gasteiger partial charge in [0, 0.05) is 5.41 Å². The molecular weight excluding hydrogens is 196 g/mol. The van der Waals surface area contributed by atoms with Crippen LogP contribution >= 0.6 is 0 Å². The Morgan fingerprint density at radius 2 is 1.56 bits per heavy atom. The van der Waals surface area contributed by atoms with E-state index < -0.39 is 5.60 Å². The molecule has 0 spiro atoms. The molecule has 4 unspecified atom stereocenters. The van der Waals surface area contributed by atoms with Gasteiger partial charge in [-0.2, -0.15) is 0 Å². The van der Waals surface area contributed by atoms with Crippen LogP contribution in [-0.4, -0.2) is 10.7 Å². The van der Waals surface area contributed by atoms with E-state index in [9.17, 15) is 5.11 Å². The minimum Gasteiger partial charge on any atom is -0.390 e. The number of hydrogen-bond donors (Lipinski definition) is 1. The van der Waals surface area contributed by atoms with Gasteiger partial charge in [-0.3, -0.25) is 0 Å². The van der Waals surface area contributed by atoms with Crippen LogP contribution in [0.3, 0.4) is 0 Å². The summed E-state index contributed by atoms with van der Waals surface area (Å²) in [5.74, 6) is 2.75. The summed E-state index contributed by atoms with van der Waals surface area (Å²) in [5.41, 5.74) is -0.177. The van der Waals surface area contributed by atoms with Crippen molar-refractivity contribution in [1.29, 1.82) is 0 Å². The van der Waals surface area contributed by atoms with Crippen molar-refractivity contribution in [1.82, 2.24) is 0 Å².